The maximum atomic E-state index is 12.6. The second kappa shape index (κ2) is 28.7. The number of amides is 6. The van der Waals surface area contributed by atoms with Crippen molar-refractivity contribution in [3.8, 4) is 0 Å². The van der Waals surface area contributed by atoms with Crippen LogP contribution in [0.5, 0.6) is 0 Å². The number of benzene rings is 3. The molecular formula is C40H48B4F12N6O11. The van der Waals surface area contributed by atoms with Crippen molar-refractivity contribution in [1.29, 1.82) is 0 Å². The monoisotopic (exact) mass is 1060 g/mol. The van der Waals surface area contributed by atoms with Crippen LogP contribution < -0.4 is 33.1 Å². The molecule has 73 heavy (non-hydrogen) atoms. The van der Waals surface area contributed by atoms with Crippen molar-refractivity contribution in [2.24, 2.45) is 16.1 Å². The average Bonchev–Trinajstić information content (AvgIpc) is 4.05. The van der Waals surface area contributed by atoms with Gasteiger partial charge in [-0.1, -0.05) is 48.0 Å². The predicted octanol–water partition coefficient (Wildman–Crippen LogP) is 9.08. The van der Waals surface area contributed by atoms with E-state index in [-0.39, 0.29) is 90.9 Å². The number of nitrogens with two attached hydrogens (primary N) is 1. The standard InChI is InChI=1S/C11H8BF3NO4.C10H4BF3N3O3.C10H10BF3NO2.C4H10BF3NO2.CH4.4CH3/c13-12(14,15)8-3-1-7(2-4-8)11(19)20-16-9(17)5-6-10(16)18;12-11(13,14)8-4-5-3-6(1-2-7(5)20-8)17-9(18)15-16-10(17)19;12-11(13,14)10-6-8-5-7(3-4-16-15)1-2-9(8)17-10;6-5(7,8)4-11-3-1-2-9-10;;;;;/h1-4H,5-6H2;1-4H;1-2,5-6H,3-4,15H2;9-10H,1-4H2;1H4;4*1H3/q4*-1;;4*+1. The molecule has 4 heterocycles. The van der Waals surface area contributed by atoms with E-state index >= 15 is 0 Å². The number of carbonyl (C=O) groups is 5. The highest BCUT2D eigenvalue weighted by Gasteiger charge is 2.35. The highest BCUT2D eigenvalue weighted by atomic mass is 19.4. The Morgan fingerprint density at radius 3 is 1.63 bits per heavy atom. The first-order valence-electron chi connectivity index (χ1n) is 19.3. The number of ether oxygens (including phenoxy) is 1. The van der Waals surface area contributed by atoms with E-state index in [2.05, 4.69) is 29.1 Å². The number of anilines is 1. The lowest BCUT2D eigenvalue weighted by Gasteiger charge is -2.15. The van der Waals surface area contributed by atoms with Crippen molar-refractivity contribution < 1.29 is 104 Å². The second-order valence-electron chi connectivity index (χ2n) is 14.0. The maximum absolute atomic E-state index is 12.6. The maximum Gasteiger partial charge on any atom is 0.544 e. The first-order chi connectivity index (χ1) is 31.7. The third-order valence-corrected chi connectivity index (χ3v) is 8.72. The Kier molecular flexibility index (Phi) is 26.7. The number of nitrogens with one attached hydrogen (secondary N) is 1. The SMILES string of the molecule is C.NOCCc1ccc2oc([B-](F)(F)F)cc2c1.O=C(ON1C(=O)CCC1=O)c1ccc([B-](F)(F)F)cc1.O=C1N=NC(=O)N1c1ccc2oc([B-](F)(F)F)cc2c1.ONCCCOC[B-](F)(F)F.[CH3+].[CH3+].[CH3+].[CH3+]. The molecule has 4 N–H and O–H groups in total. The van der Waals surface area contributed by atoms with E-state index in [0.717, 1.165) is 42.0 Å². The minimum Gasteiger partial charge on any atom is -0.493 e. The van der Waals surface area contributed by atoms with Gasteiger partial charge in [-0.15, -0.1) is 10.5 Å². The molecule has 2 aromatic heterocycles. The molecule has 0 unspecified atom stereocenters. The van der Waals surface area contributed by atoms with E-state index in [0.29, 0.717) is 34.8 Å². The quantitative estimate of drug-likeness (QED) is 0.0222. The summed E-state index contributed by atoms with van der Waals surface area (Å²) >= 11 is 0. The Hall–Kier alpha value is -7.21. The molecule has 5 aromatic rings. The van der Waals surface area contributed by atoms with E-state index in [1.54, 1.807) is 12.1 Å². The number of azo groups is 1. The van der Waals surface area contributed by atoms with E-state index in [9.17, 15) is 75.8 Å². The summed E-state index contributed by atoms with van der Waals surface area (Å²) in [6.45, 7) is -20.9. The summed E-state index contributed by atoms with van der Waals surface area (Å²) in [7, 11) is 0. The zero-order valence-corrected chi connectivity index (χ0v) is 38.3. The fourth-order valence-electron chi connectivity index (χ4n) is 5.54. The molecule has 1 saturated heterocycles. The van der Waals surface area contributed by atoms with E-state index in [1.807, 2.05) is 5.48 Å². The van der Waals surface area contributed by atoms with E-state index < -0.39 is 81.0 Å². The van der Waals surface area contributed by atoms with Crippen LogP contribution in [-0.4, -0.2) is 94.3 Å². The van der Waals surface area contributed by atoms with Gasteiger partial charge < -0.3 is 80.2 Å². The number of imide groups is 2. The predicted molar refractivity (Wildman–Crippen MR) is 250 cm³/mol. The van der Waals surface area contributed by atoms with Crippen molar-refractivity contribution in [3.63, 3.8) is 0 Å². The molecule has 0 spiro atoms. The molecule has 3 aromatic carbocycles. The van der Waals surface area contributed by atoms with Gasteiger partial charge in [-0.05, 0) is 60.9 Å². The van der Waals surface area contributed by atoms with Crippen LogP contribution in [0.15, 0.2) is 91.9 Å². The highest BCUT2D eigenvalue weighted by Crippen LogP contribution is 2.27. The summed E-state index contributed by atoms with van der Waals surface area (Å²) in [4.78, 5) is 66.3. The average molecular weight is 1060 g/mol. The third-order valence-electron chi connectivity index (χ3n) is 8.72. The molecule has 400 valence electrons. The Labute approximate surface area is 410 Å². The molecule has 2 aliphatic rings. The molecular weight excluding hydrogens is 1010 g/mol. The number of nitrogens with zero attached hydrogens (tertiary/aromatic N) is 4. The van der Waals surface area contributed by atoms with Crippen LogP contribution in [-0.2, 0) is 30.4 Å². The number of rotatable bonds is 15. The Morgan fingerprint density at radius 1 is 0.685 bits per heavy atom. The molecule has 0 radical (unpaired) electrons. The molecule has 6 amide bonds. The number of hydrogen-bond acceptors (Lipinski definition) is 13. The first-order valence-corrected chi connectivity index (χ1v) is 19.3. The molecule has 1 fully saturated rings. The van der Waals surface area contributed by atoms with Crippen LogP contribution in [0.4, 0.5) is 67.1 Å². The van der Waals surface area contributed by atoms with Crippen molar-refractivity contribution in [2.75, 3.05) is 31.2 Å². The number of hydroxylamine groups is 3. The number of halogens is 12. The van der Waals surface area contributed by atoms with Gasteiger partial charge in [0.2, 0.25) is 0 Å². The van der Waals surface area contributed by atoms with Gasteiger partial charge in [0.05, 0.1) is 17.9 Å². The van der Waals surface area contributed by atoms with Crippen LogP contribution in [0.2, 0.25) is 0 Å². The van der Waals surface area contributed by atoms with Crippen molar-refractivity contribution in [3.05, 3.63) is 114 Å². The summed E-state index contributed by atoms with van der Waals surface area (Å²) in [5.41, 5.74) is -0.0602. The zero-order valence-electron chi connectivity index (χ0n) is 38.3. The number of urea groups is 2. The van der Waals surface area contributed by atoms with Gasteiger partial charge in [-0.2, -0.15) is 0 Å². The first kappa shape index (κ1) is 67.9. The number of hydrogen-bond donors (Lipinski definition) is 3. The Morgan fingerprint density at radius 2 is 1.18 bits per heavy atom. The Bertz CT molecular complexity index is 2580. The van der Waals surface area contributed by atoms with Crippen LogP contribution in [0.3, 0.4) is 0 Å². The summed E-state index contributed by atoms with van der Waals surface area (Å²) in [6.07, 6.45) is 0.802. The van der Waals surface area contributed by atoms with Crippen LogP contribution >= 0.6 is 0 Å². The number of fused-ring (bicyclic) bond motifs is 2. The molecule has 0 bridgehead atoms. The van der Waals surface area contributed by atoms with Gasteiger partial charge in [-0.25, -0.2) is 30.7 Å². The highest BCUT2D eigenvalue weighted by molar-refractivity contribution is 6.74. The smallest absolute Gasteiger partial charge is 0.493 e. The van der Waals surface area contributed by atoms with Gasteiger partial charge in [0.25, 0.3) is 11.8 Å². The molecule has 7 rings (SSSR count). The molecule has 0 aliphatic carbocycles. The van der Waals surface area contributed by atoms with Gasteiger partial charge in [-0.3, -0.25) is 9.59 Å². The molecule has 33 heteroatoms. The van der Waals surface area contributed by atoms with Gasteiger partial charge in [0, 0.05) is 84.3 Å². The topological polar surface area (TPSA) is 229 Å². The van der Waals surface area contributed by atoms with Crippen molar-refractivity contribution in [1.82, 2.24) is 10.5 Å². The van der Waals surface area contributed by atoms with Gasteiger partial charge in [0.1, 0.15) is 11.2 Å². The fourth-order valence-corrected chi connectivity index (χ4v) is 5.54. The zero-order chi connectivity index (χ0) is 50.6. The van der Waals surface area contributed by atoms with Gasteiger partial charge in [0.15, 0.2) is 0 Å². The minimum atomic E-state index is -5.25. The number of carbonyl (C=O) groups excluding carboxylic acids is 5. The summed E-state index contributed by atoms with van der Waals surface area (Å²) < 4.78 is 160. The summed E-state index contributed by atoms with van der Waals surface area (Å²) in [5.74, 6) is 2.52. The van der Waals surface area contributed by atoms with Crippen molar-refractivity contribution >= 4 is 102 Å². The molecule has 0 saturated carbocycles. The van der Waals surface area contributed by atoms with Crippen molar-refractivity contribution in [2.45, 2.75) is 33.1 Å². The van der Waals surface area contributed by atoms with Crippen LogP contribution in [0.25, 0.3) is 21.9 Å². The van der Waals surface area contributed by atoms with E-state index in [4.69, 9.17) is 15.5 Å². The lowest BCUT2D eigenvalue weighted by atomic mass is 9.80. The van der Waals surface area contributed by atoms with Crippen LogP contribution in [0.1, 0.15) is 42.6 Å². The van der Waals surface area contributed by atoms with E-state index in [1.165, 1.54) is 24.3 Å². The van der Waals surface area contributed by atoms with Gasteiger partial charge >= 0.3 is 45.9 Å². The summed E-state index contributed by atoms with van der Waals surface area (Å²) in [5, 5.41) is 15.0. The Balaban J connectivity index is 0. The van der Waals surface area contributed by atoms with Crippen LogP contribution in [0, 0.1) is 29.7 Å². The third kappa shape index (κ3) is 20.1. The number of furan rings is 2. The minimum absolute atomic E-state index is 0. The molecule has 2 aliphatic heterocycles. The normalized spacial score (nSPS) is 13.2. The lowest BCUT2D eigenvalue weighted by Crippen LogP contribution is -2.34. The summed E-state index contributed by atoms with van der Waals surface area (Å²) in [6, 6.07) is 12.0. The fraction of sp³-hybridized carbons (Fsp3) is 0.225. The molecule has 0 atom stereocenters. The largest absolute Gasteiger partial charge is 0.544 e. The lowest BCUT2D eigenvalue weighted by molar-refractivity contribution is -0.172. The molecule has 17 nitrogen and oxygen atoms in total. The second-order valence-corrected chi connectivity index (χ2v) is 14.0.